The SMILES string of the molecule is Cc1nc(-c2ccccc2)sc1CNC(=O)c1ccc(S(=O)(=O)N2CCCC2)cc1. The quantitative estimate of drug-likeness (QED) is 0.630. The van der Waals surface area contributed by atoms with Gasteiger partial charge in [0.1, 0.15) is 5.01 Å². The number of carbonyl (C=O) groups excluding carboxylic acids is 1. The summed E-state index contributed by atoms with van der Waals surface area (Å²) < 4.78 is 26.7. The third-order valence-corrected chi connectivity index (χ3v) is 8.26. The molecule has 8 heteroatoms. The van der Waals surface area contributed by atoms with Crippen molar-refractivity contribution >= 4 is 27.3 Å². The fraction of sp³-hybridized carbons (Fsp3) is 0.273. The fourth-order valence-corrected chi connectivity index (χ4v) is 5.94. The average molecular weight is 442 g/mol. The van der Waals surface area contributed by atoms with E-state index in [1.807, 2.05) is 37.3 Å². The number of thiazole rings is 1. The maximum atomic E-state index is 12.6. The number of aromatic nitrogens is 1. The van der Waals surface area contributed by atoms with Crippen LogP contribution in [-0.2, 0) is 16.6 Å². The van der Waals surface area contributed by atoms with Crippen LogP contribution in [0.4, 0.5) is 0 Å². The fourth-order valence-electron chi connectivity index (χ4n) is 3.41. The molecule has 1 aliphatic rings. The van der Waals surface area contributed by atoms with Gasteiger partial charge in [0.05, 0.1) is 17.1 Å². The Bertz CT molecular complexity index is 1130. The monoisotopic (exact) mass is 441 g/mol. The molecule has 1 aliphatic heterocycles. The Morgan fingerprint density at radius 2 is 1.73 bits per heavy atom. The number of amides is 1. The van der Waals surface area contributed by atoms with Gasteiger partial charge in [-0.15, -0.1) is 11.3 Å². The molecule has 156 valence electrons. The molecule has 1 aromatic heterocycles. The molecule has 2 aromatic carbocycles. The molecule has 0 saturated carbocycles. The van der Waals surface area contributed by atoms with E-state index in [2.05, 4.69) is 10.3 Å². The lowest BCUT2D eigenvalue weighted by atomic mass is 10.2. The molecule has 30 heavy (non-hydrogen) atoms. The maximum absolute atomic E-state index is 12.6. The number of hydrogen-bond donors (Lipinski definition) is 1. The van der Waals surface area contributed by atoms with Crippen LogP contribution >= 0.6 is 11.3 Å². The Kier molecular flexibility index (Phi) is 5.99. The minimum Gasteiger partial charge on any atom is -0.347 e. The number of nitrogens with zero attached hydrogens (tertiary/aromatic N) is 2. The van der Waals surface area contributed by atoms with Crippen molar-refractivity contribution in [3.63, 3.8) is 0 Å². The van der Waals surface area contributed by atoms with E-state index < -0.39 is 10.0 Å². The molecule has 0 radical (unpaired) electrons. The summed E-state index contributed by atoms with van der Waals surface area (Å²) in [5, 5.41) is 3.83. The Labute approximate surface area is 180 Å². The highest BCUT2D eigenvalue weighted by Crippen LogP contribution is 2.27. The number of hydrogen-bond acceptors (Lipinski definition) is 5. The summed E-state index contributed by atoms with van der Waals surface area (Å²) in [4.78, 5) is 18.4. The smallest absolute Gasteiger partial charge is 0.251 e. The molecule has 0 unspecified atom stereocenters. The van der Waals surface area contributed by atoms with Crippen LogP contribution in [0.25, 0.3) is 10.6 Å². The second kappa shape index (κ2) is 8.67. The normalized spacial score (nSPS) is 14.7. The van der Waals surface area contributed by atoms with Gasteiger partial charge in [0.25, 0.3) is 5.91 Å². The number of rotatable bonds is 6. The summed E-state index contributed by atoms with van der Waals surface area (Å²) in [5.41, 5.74) is 2.38. The lowest BCUT2D eigenvalue weighted by molar-refractivity contribution is 0.0951. The van der Waals surface area contributed by atoms with Crippen LogP contribution in [0.15, 0.2) is 59.5 Å². The van der Waals surface area contributed by atoms with Gasteiger partial charge in [-0.2, -0.15) is 4.31 Å². The molecular weight excluding hydrogens is 418 g/mol. The van der Waals surface area contributed by atoms with Gasteiger partial charge in [0.2, 0.25) is 10.0 Å². The molecule has 1 N–H and O–H groups in total. The van der Waals surface area contributed by atoms with E-state index in [0.29, 0.717) is 25.2 Å². The van der Waals surface area contributed by atoms with E-state index in [4.69, 9.17) is 0 Å². The predicted molar refractivity (Wildman–Crippen MR) is 118 cm³/mol. The van der Waals surface area contributed by atoms with Crippen molar-refractivity contribution in [2.45, 2.75) is 31.2 Å². The van der Waals surface area contributed by atoms with Gasteiger partial charge in [-0.05, 0) is 44.0 Å². The number of benzene rings is 2. The molecule has 1 fully saturated rings. The van der Waals surface area contributed by atoms with Crippen molar-refractivity contribution in [1.82, 2.24) is 14.6 Å². The molecule has 0 spiro atoms. The topological polar surface area (TPSA) is 79.4 Å². The van der Waals surface area contributed by atoms with Crippen LogP contribution in [-0.4, -0.2) is 36.7 Å². The van der Waals surface area contributed by atoms with E-state index in [0.717, 1.165) is 34.0 Å². The first-order valence-electron chi connectivity index (χ1n) is 9.85. The summed E-state index contributed by atoms with van der Waals surface area (Å²) in [6.07, 6.45) is 1.78. The number of nitrogens with one attached hydrogen (secondary N) is 1. The standard InChI is InChI=1S/C22H23N3O3S2/c1-16-20(29-22(24-16)18-7-3-2-4-8-18)15-23-21(26)17-9-11-19(12-10-17)30(27,28)25-13-5-6-14-25/h2-4,7-12H,5-6,13-15H2,1H3,(H,23,26). The van der Waals surface area contributed by atoms with Crippen molar-refractivity contribution in [2.24, 2.45) is 0 Å². The van der Waals surface area contributed by atoms with Crippen LogP contribution < -0.4 is 5.32 Å². The van der Waals surface area contributed by atoms with E-state index >= 15 is 0 Å². The molecule has 3 aromatic rings. The van der Waals surface area contributed by atoms with Gasteiger partial charge in [0, 0.05) is 29.1 Å². The second-order valence-electron chi connectivity index (χ2n) is 7.21. The van der Waals surface area contributed by atoms with Gasteiger partial charge >= 0.3 is 0 Å². The van der Waals surface area contributed by atoms with Crippen molar-refractivity contribution in [3.8, 4) is 10.6 Å². The minimum atomic E-state index is -3.47. The summed E-state index contributed by atoms with van der Waals surface area (Å²) in [5.74, 6) is -0.241. The van der Waals surface area contributed by atoms with Crippen molar-refractivity contribution in [2.75, 3.05) is 13.1 Å². The summed E-state index contributed by atoms with van der Waals surface area (Å²) in [6.45, 7) is 3.43. The van der Waals surface area contributed by atoms with Gasteiger partial charge in [-0.25, -0.2) is 13.4 Å². The highest BCUT2D eigenvalue weighted by atomic mass is 32.2. The van der Waals surface area contributed by atoms with Gasteiger partial charge in [0.15, 0.2) is 0 Å². The lowest BCUT2D eigenvalue weighted by Gasteiger charge is -2.15. The summed E-state index contributed by atoms with van der Waals surface area (Å²) in [7, 11) is -3.47. The minimum absolute atomic E-state index is 0.228. The van der Waals surface area contributed by atoms with Crippen LogP contribution in [0.1, 0.15) is 33.8 Å². The Balaban J connectivity index is 1.42. The van der Waals surface area contributed by atoms with E-state index in [-0.39, 0.29) is 10.8 Å². The molecule has 0 aliphatic carbocycles. The van der Waals surface area contributed by atoms with Gasteiger partial charge in [-0.1, -0.05) is 30.3 Å². The number of sulfonamides is 1. The van der Waals surface area contributed by atoms with Crippen molar-refractivity contribution in [1.29, 1.82) is 0 Å². The number of carbonyl (C=O) groups is 1. The summed E-state index contributed by atoms with van der Waals surface area (Å²) >= 11 is 1.56. The second-order valence-corrected chi connectivity index (χ2v) is 10.2. The largest absolute Gasteiger partial charge is 0.347 e. The maximum Gasteiger partial charge on any atom is 0.251 e. The third-order valence-electron chi connectivity index (χ3n) is 5.14. The Morgan fingerprint density at radius 3 is 2.40 bits per heavy atom. The first kappa shape index (κ1) is 20.7. The lowest BCUT2D eigenvalue weighted by Crippen LogP contribution is -2.28. The highest BCUT2D eigenvalue weighted by Gasteiger charge is 2.27. The van der Waals surface area contributed by atoms with Crippen LogP contribution in [0.3, 0.4) is 0 Å². The van der Waals surface area contributed by atoms with E-state index in [1.165, 1.54) is 16.4 Å². The predicted octanol–water partition coefficient (Wildman–Crippen LogP) is 3.83. The first-order valence-corrected chi connectivity index (χ1v) is 12.1. The first-order chi connectivity index (χ1) is 14.4. The van der Waals surface area contributed by atoms with E-state index in [1.54, 1.807) is 23.5 Å². The van der Waals surface area contributed by atoms with Crippen LogP contribution in [0.5, 0.6) is 0 Å². The van der Waals surface area contributed by atoms with E-state index in [9.17, 15) is 13.2 Å². The van der Waals surface area contributed by atoms with Crippen LogP contribution in [0.2, 0.25) is 0 Å². The average Bonchev–Trinajstić information content (AvgIpc) is 3.43. The molecule has 1 saturated heterocycles. The van der Waals surface area contributed by atoms with Crippen molar-refractivity contribution < 1.29 is 13.2 Å². The van der Waals surface area contributed by atoms with Crippen molar-refractivity contribution in [3.05, 3.63) is 70.7 Å². The molecule has 2 heterocycles. The summed E-state index contributed by atoms with van der Waals surface area (Å²) in [6, 6.07) is 16.1. The molecule has 1 amide bonds. The van der Waals surface area contributed by atoms with Gasteiger partial charge in [-0.3, -0.25) is 4.79 Å². The molecule has 0 bridgehead atoms. The molecular formula is C22H23N3O3S2. The molecule has 6 nitrogen and oxygen atoms in total. The Hall–Kier alpha value is -2.55. The molecule has 4 rings (SSSR count). The zero-order valence-electron chi connectivity index (χ0n) is 16.7. The zero-order chi connectivity index (χ0) is 21.1. The molecule has 0 atom stereocenters. The highest BCUT2D eigenvalue weighted by molar-refractivity contribution is 7.89. The zero-order valence-corrected chi connectivity index (χ0v) is 18.3. The third kappa shape index (κ3) is 4.30. The van der Waals surface area contributed by atoms with Crippen LogP contribution in [0, 0.1) is 6.92 Å². The number of aryl methyl sites for hydroxylation is 1. The Morgan fingerprint density at radius 1 is 1.07 bits per heavy atom. The van der Waals surface area contributed by atoms with Gasteiger partial charge < -0.3 is 5.32 Å².